The van der Waals surface area contributed by atoms with E-state index in [9.17, 15) is 32.7 Å². The molecular formula is C27H36N6O10S2. The number of rotatable bonds is 13. The van der Waals surface area contributed by atoms with E-state index >= 15 is 0 Å². The highest BCUT2D eigenvalue weighted by Crippen LogP contribution is 2.22. The summed E-state index contributed by atoms with van der Waals surface area (Å²) in [7, 11) is -4.09. The number of hydrogen-bond acceptors (Lipinski definition) is 13. The Balaban J connectivity index is 1.79. The Bertz CT molecular complexity index is 1590. The summed E-state index contributed by atoms with van der Waals surface area (Å²) >= 11 is 1.04. The average Bonchev–Trinajstić information content (AvgIpc) is 3.35. The first-order chi connectivity index (χ1) is 20.6. The van der Waals surface area contributed by atoms with Crippen LogP contribution in [0.25, 0.3) is 0 Å². The smallest absolute Gasteiger partial charge is 0.353 e. The van der Waals surface area contributed by atoms with Gasteiger partial charge in [-0.25, -0.2) is 27.7 Å². The Hall–Kier alpha value is -4.13. The molecule has 2 amide bonds. The third-order valence-corrected chi connectivity index (χ3v) is 8.03. The number of sulfonamides is 1. The second-order valence-electron chi connectivity index (χ2n) is 12.0. The van der Waals surface area contributed by atoms with Gasteiger partial charge in [0.1, 0.15) is 23.1 Å². The Morgan fingerprint density at radius 3 is 2.24 bits per heavy atom. The molecule has 45 heavy (non-hydrogen) atoms. The molecule has 3 rings (SSSR count). The lowest BCUT2D eigenvalue weighted by Crippen LogP contribution is -2.72. The fraction of sp³-hybridized carbons (Fsp3) is 0.481. The van der Waals surface area contributed by atoms with Gasteiger partial charge in [-0.05, 0) is 72.7 Å². The lowest BCUT2D eigenvalue weighted by molar-refractivity contribution is -0.179. The molecule has 0 radical (unpaired) electrons. The van der Waals surface area contributed by atoms with Crippen LogP contribution in [0.3, 0.4) is 0 Å². The van der Waals surface area contributed by atoms with Gasteiger partial charge in [-0.3, -0.25) is 9.59 Å². The van der Waals surface area contributed by atoms with E-state index in [0.717, 1.165) is 35.6 Å². The molecule has 1 saturated heterocycles. The molecule has 246 valence electrons. The van der Waals surface area contributed by atoms with Crippen LogP contribution >= 0.6 is 11.3 Å². The van der Waals surface area contributed by atoms with E-state index in [1.165, 1.54) is 33.1 Å². The molecule has 1 fully saturated rings. The van der Waals surface area contributed by atoms with Crippen LogP contribution in [0.5, 0.6) is 0 Å². The van der Waals surface area contributed by atoms with Gasteiger partial charge in [0.05, 0.1) is 16.5 Å². The predicted molar refractivity (Wildman–Crippen MR) is 162 cm³/mol. The first kappa shape index (κ1) is 35.4. The van der Waals surface area contributed by atoms with E-state index in [2.05, 4.69) is 30.8 Å². The number of carboxylic acids is 1. The van der Waals surface area contributed by atoms with Crippen LogP contribution in [0.4, 0.5) is 5.13 Å². The van der Waals surface area contributed by atoms with Crippen LogP contribution in [-0.4, -0.2) is 88.6 Å². The minimum absolute atomic E-state index is 0.00830. The van der Waals surface area contributed by atoms with Crippen molar-refractivity contribution in [2.45, 2.75) is 82.4 Å². The first-order valence-electron chi connectivity index (χ1n) is 13.5. The molecule has 2 atom stereocenters. The molecule has 2 aromatic rings. The summed E-state index contributed by atoms with van der Waals surface area (Å²) in [6.45, 7) is 10.4. The van der Waals surface area contributed by atoms with Gasteiger partial charge < -0.3 is 35.7 Å². The molecule has 16 nitrogen and oxygen atoms in total. The van der Waals surface area contributed by atoms with Crippen molar-refractivity contribution in [3.8, 4) is 0 Å². The Labute approximate surface area is 263 Å². The number of nitrogens with zero attached hydrogens (tertiary/aromatic N) is 2. The van der Waals surface area contributed by atoms with Crippen molar-refractivity contribution in [1.82, 2.24) is 20.3 Å². The number of anilines is 1. The predicted octanol–water partition coefficient (Wildman–Crippen LogP) is 0.784. The lowest BCUT2D eigenvalue weighted by Gasteiger charge is -2.37. The van der Waals surface area contributed by atoms with Crippen molar-refractivity contribution in [1.29, 1.82) is 0 Å². The van der Waals surface area contributed by atoms with Gasteiger partial charge in [-0.1, -0.05) is 5.16 Å². The van der Waals surface area contributed by atoms with E-state index < -0.39 is 68.5 Å². The summed E-state index contributed by atoms with van der Waals surface area (Å²) in [5.41, 5.74) is -4.32. The number of aliphatic hydroxyl groups is 1. The van der Waals surface area contributed by atoms with E-state index in [1.54, 1.807) is 20.8 Å². The van der Waals surface area contributed by atoms with Crippen LogP contribution in [0.2, 0.25) is 0 Å². The SMILES string of the molecule is CC(C)(O)Nc1nc(/C(=N/OC(C)(C)C(=O)OC(C)(C)C)C(=O)N[C@@H]2C(=O)N[C@@H]2CNS(=O)(=O)c2ccc(C(=O)O)cc2)cs1. The van der Waals surface area contributed by atoms with Crippen molar-refractivity contribution in [3.05, 3.63) is 40.9 Å². The number of nitrogens with one attached hydrogen (secondary N) is 4. The number of benzene rings is 1. The van der Waals surface area contributed by atoms with Crippen molar-refractivity contribution in [2.75, 3.05) is 11.9 Å². The van der Waals surface area contributed by atoms with Crippen LogP contribution in [0.15, 0.2) is 39.7 Å². The second-order valence-corrected chi connectivity index (χ2v) is 14.6. The van der Waals surface area contributed by atoms with Gasteiger partial charge in [0.15, 0.2) is 10.8 Å². The summed E-state index contributed by atoms with van der Waals surface area (Å²) in [6, 6.07) is 2.48. The van der Waals surface area contributed by atoms with Gasteiger partial charge in [0, 0.05) is 11.9 Å². The van der Waals surface area contributed by atoms with Crippen molar-refractivity contribution in [3.63, 3.8) is 0 Å². The number of oxime groups is 1. The van der Waals surface area contributed by atoms with E-state index in [-0.39, 0.29) is 27.8 Å². The minimum Gasteiger partial charge on any atom is -0.478 e. The van der Waals surface area contributed by atoms with Gasteiger partial charge in [-0.2, -0.15) is 0 Å². The zero-order valence-electron chi connectivity index (χ0n) is 25.6. The number of ether oxygens (including phenoxy) is 1. The maximum atomic E-state index is 13.4. The maximum absolute atomic E-state index is 13.4. The zero-order chi connectivity index (χ0) is 34.0. The average molecular weight is 669 g/mol. The molecule has 1 aliphatic heterocycles. The summed E-state index contributed by atoms with van der Waals surface area (Å²) in [4.78, 5) is 59.1. The lowest BCUT2D eigenvalue weighted by atomic mass is 9.99. The third kappa shape index (κ3) is 9.68. The molecule has 1 aliphatic rings. The highest BCUT2D eigenvalue weighted by atomic mass is 32.2. The number of hydrogen-bond donors (Lipinski definition) is 6. The second kappa shape index (κ2) is 13.1. The topological polar surface area (TPSA) is 235 Å². The van der Waals surface area contributed by atoms with Gasteiger partial charge in [0.2, 0.25) is 21.5 Å². The minimum atomic E-state index is -4.09. The van der Waals surface area contributed by atoms with Crippen LogP contribution in [0.1, 0.15) is 64.5 Å². The summed E-state index contributed by atoms with van der Waals surface area (Å²) < 4.78 is 33.1. The van der Waals surface area contributed by atoms with Gasteiger partial charge in [0.25, 0.3) is 5.91 Å². The van der Waals surface area contributed by atoms with Crippen LogP contribution in [-0.2, 0) is 34.0 Å². The number of carbonyl (C=O) groups excluding carboxylic acids is 3. The quantitative estimate of drug-likeness (QED) is 0.0571. The highest BCUT2D eigenvalue weighted by molar-refractivity contribution is 7.89. The first-order valence-corrected chi connectivity index (χ1v) is 15.8. The maximum Gasteiger partial charge on any atom is 0.353 e. The normalized spacial score (nSPS) is 17.5. The fourth-order valence-electron chi connectivity index (χ4n) is 3.55. The number of aromatic nitrogens is 1. The van der Waals surface area contributed by atoms with Crippen molar-refractivity contribution < 1.29 is 47.4 Å². The van der Waals surface area contributed by atoms with E-state index in [4.69, 9.17) is 14.7 Å². The molecule has 18 heteroatoms. The molecule has 0 aliphatic carbocycles. The van der Waals surface area contributed by atoms with Crippen molar-refractivity contribution in [2.24, 2.45) is 5.16 Å². The van der Waals surface area contributed by atoms with E-state index in [1.807, 2.05) is 0 Å². The third-order valence-electron chi connectivity index (χ3n) is 5.83. The standard InChI is InChI=1S/C27H36N6O10S2/c1-25(2,3)42-23(38)26(4,5)43-33-19(17-13-44-24(30-17)32-27(6,7)39)21(35)31-18-16(29-20(18)34)12-28-45(40,41)15-10-8-14(9-11-15)22(36)37/h8-11,13,16,18,28,39H,12H2,1-7H3,(H,29,34)(H,30,32)(H,31,35)(H,36,37)/b33-19-/t16-,18+/m1/s1. The summed E-state index contributed by atoms with van der Waals surface area (Å²) in [5, 5.41) is 32.4. The zero-order valence-corrected chi connectivity index (χ0v) is 27.3. The van der Waals surface area contributed by atoms with Crippen molar-refractivity contribution >= 4 is 56.0 Å². The molecule has 0 unspecified atom stereocenters. The fourth-order valence-corrected chi connectivity index (χ4v) is 5.46. The highest BCUT2D eigenvalue weighted by Gasteiger charge is 2.42. The van der Waals surface area contributed by atoms with E-state index in [0.29, 0.717) is 0 Å². The Kier molecular flexibility index (Phi) is 10.3. The number of β-lactam (4-membered cyclic amide) rings is 1. The Morgan fingerprint density at radius 2 is 1.71 bits per heavy atom. The molecule has 2 heterocycles. The molecule has 1 aromatic heterocycles. The number of esters is 1. The van der Waals surface area contributed by atoms with Gasteiger partial charge >= 0.3 is 11.9 Å². The Morgan fingerprint density at radius 1 is 1.09 bits per heavy atom. The molecular weight excluding hydrogens is 632 g/mol. The monoisotopic (exact) mass is 668 g/mol. The molecule has 6 N–H and O–H groups in total. The number of carboxylic acid groups (broad SMARTS) is 1. The molecule has 0 spiro atoms. The molecule has 0 saturated carbocycles. The number of aromatic carboxylic acids is 1. The summed E-state index contributed by atoms with van der Waals surface area (Å²) in [6.07, 6.45) is 0. The van der Waals surface area contributed by atoms with Crippen LogP contribution in [0, 0.1) is 0 Å². The summed E-state index contributed by atoms with van der Waals surface area (Å²) in [5.74, 6) is -3.50. The number of amides is 2. The largest absolute Gasteiger partial charge is 0.478 e. The molecule has 0 bridgehead atoms. The molecule has 1 aromatic carbocycles. The number of thiazole rings is 1. The van der Waals surface area contributed by atoms with Gasteiger partial charge in [-0.15, -0.1) is 11.3 Å². The number of carbonyl (C=O) groups is 4. The van der Waals surface area contributed by atoms with Crippen LogP contribution < -0.4 is 20.7 Å².